The Labute approximate surface area is 120 Å². The molecule has 2 nitrogen and oxygen atoms in total. The van der Waals surface area contributed by atoms with Crippen molar-refractivity contribution in [2.45, 2.75) is 51.9 Å². The summed E-state index contributed by atoms with van der Waals surface area (Å²) in [6.07, 6.45) is 7.92. The molecule has 1 fully saturated rings. The van der Waals surface area contributed by atoms with Gasteiger partial charge in [0.25, 0.3) is 0 Å². The van der Waals surface area contributed by atoms with Crippen molar-refractivity contribution in [1.82, 2.24) is 0 Å². The van der Waals surface area contributed by atoms with Crippen molar-refractivity contribution < 1.29 is 13.9 Å². The van der Waals surface area contributed by atoms with Crippen molar-refractivity contribution >= 4 is 5.97 Å². The van der Waals surface area contributed by atoms with Crippen molar-refractivity contribution in [3.8, 4) is 5.75 Å². The molecule has 0 amide bonds. The van der Waals surface area contributed by atoms with Gasteiger partial charge in [0, 0.05) is 0 Å². The standard InChI is InChI=1S/C17H23FO2/c1-2-3-4-13-5-7-14(8-6-13)17(19)20-16-11-9-15(18)10-12-16/h9-14H,2-8H2,1H3/t13-,14-. The third kappa shape index (κ3) is 4.32. The smallest absolute Gasteiger partial charge is 0.314 e. The summed E-state index contributed by atoms with van der Waals surface area (Å²) in [5, 5.41) is 0. The quantitative estimate of drug-likeness (QED) is 0.575. The van der Waals surface area contributed by atoms with Crippen LogP contribution in [0.1, 0.15) is 51.9 Å². The van der Waals surface area contributed by atoms with Crippen LogP contribution in [0.2, 0.25) is 0 Å². The van der Waals surface area contributed by atoms with Gasteiger partial charge >= 0.3 is 5.97 Å². The minimum absolute atomic E-state index is 0.0120. The lowest BCUT2D eigenvalue weighted by Gasteiger charge is -2.27. The third-order valence-corrected chi connectivity index (χ3v) is 4.18. The summed E-state index contributed by atoms with van der Waals surface area (Å²) in [7, 11) is 0. The first kappa shape index (κ1) is 15.0. The zero-order chi connectivity index (χ0) is 14.4. The molecule has 3 heteroatoms. The maximum atomic E-state index is 12.8. The van der Waals surface area contributed by atoms with E-state index in [9.17, 15) is 9.18 Å². The van der Waals surface area contributed by atoms with Gasteiger partial charge in [0.2, 0.25) is 0 Å². The molecule has 1 saturated carbocycles. The van der Waals surface area contributed by atoms with E-state index in [0.29, 0.717) is 5.75 Å². The Bertz CT molecular complexity index is 419. The van der Waals surface area contributed by atoms with Crippen LogP contribution in [-0.2, 0) is 4.79 Å². The van der Waals surface area contributed by atoms with Gasteiger partial charge in [-0.05, 0) is 55.9 Å². The van der Waals surface area contributed by atoms with Crippen molar-refractivity contribution in [1.29, 1.82) is 0 Å². The number of hydrogen-bond donors (Lipinski definition) is 0. The number of hydrogen-bond acceptors (Lipinski definition) is 2. The highest BCUT2D eigenvalue weighted by Gasteiger charge is 2.27. The van der Waals surface area contributed by atoms with Crippen LogP contribution in [0.25, 0.3) is 0 Å². The van der Waals surface area contributed by atoms with Crippen LogP contribution in [0.5, 0.6) is 5.75 Å². The molecule has 0 unspecified atom stereocenters. The Morgan fingerprint density at radius 3 is 2.45 bits per heavy atom. The normalized spacial score (nSPS) is 22.5. The van der Waals surface area contributed by atoms with E-state index in [4.69, 9.17) is 4.74 Å². The first-order chi connectivity index (χ1) is 9.69. The molecule has 0 N–H and O–H groups in total. The molecule has 0 atom stereocenters. The van der Waals surface area contributed by atoms with Gasteiger partial charge in [-0.15, -0.1) is 0 Å². The van der Waals surface area contributed by atoms with Crippen LogP contribution in [0.15, 0.2) is 24.3 Å². The lowest BCUT2D eigenvalue weighted by molar-refractivity contribution is -0.140. The minimum Gasteiger partial charge on any atom is -0.426 e. The average molecular weight is 278 g/mol. The van der Waals surface area contributed by atoms with Gasteiger partial charge in [-0.2, -0.15) is 0 Å². The molecule has 2 rings (SSSR count). The fourth-order valence-electron chi connectivity index (χ4n) is 2.88. The summed E-state index contributed by atoms with van der Waals surface area (Å²) in [5.41, 5.74) is 0. The molecular formula is C17H23FO2. The number of carbonyl (C=O) groups excluding carboxylic acids is 1. The molecule has 0 radical (unpaired) electrons. The summed E-state index contributed by atoms with van der Waals surface area (Å²) < 4.78 is 18.1. The number of halogens is 1. The van der Waals surface area contributed by atoms with Crippen LogP contribution in [0.3, 0.4) is 0 Å². The van der Waals surface area contributed by atoms with E-state index < -0.39 is 0 Å². The number of unbranched alkanes of at least 4 members (excludes halogenated alkanes) is 1. The molecule has 110 valence electrons. The monoisotopic (exact) mass is 278 g/mol. The maximum absolute atomic E-state index is 12.8. The Hall–Kier alpha value is -1.38. The van der Waals surface area contributed by atoms with E-state index in [1.807, 2.05) is 0 Å². The fraction of sp³-hybridized carbons (Fsp3) is 0.588. The number of carbonyl (C=O) groups is 1. The minimum atomic E-state index is -0.318. The largest absolute Gasteiger partial charge is 0.426 e. The van der Waals surface area contributed by atoms with Gasteiger partial charge in [0.1, 0.15) is 11.6 Å². The molecule has 1 aliphatic rings. The Morgan fingerprint density at radius 1 is 1.20 bits per heavy atom. The predicted octanol–water partition coefficient (Wildman–Crippen LogP) is 4.73. The van der Waals surface area contributed by atoms with Crippen LogP contribution < -0.4 is 4.74 Å². The highest BCUT2D eigenvalue weighted by molar-refractivity contribution is 5.75. The molecule has 1 aromatic carbocycles. The number of esters is 1. The summed E-state index contributed by atoms with van der Waals surface area (Å²) in [4.78, 5) is 12.1. The van der Waals surface area contributed by atoms with Crippen molar-refractivity contribution in [3.63, 3.8) is 0 Å². The van der Waals surface area contributed by atoms with Gasteiger partial charge in [-0.1, -0.05) is 26.2 Å². The summed E-state index contributed by atoms with van der Waals surface area (Å²) >= 11 is 0. The Balaban J connectivity index is 1.78. The van der Waals surface area contributed by atoms with Gasteiger partial charge in [0.15, 0.2) is 0 Å². The zero-order valence-corrected chi connectivity index (χ0v) is 12.1. The molecule has 20 heavy (non-hydrogen) atoms. The van der Waals surface area contributed by atoms with Crippen LogP contribution in [-0.4, -0.2) is 5.97 Å². The van der Waals surface area contributed by atoms with E-state index in [1.165, 1.54) is 43.5 Å². The molecule has 0 aliphatic heterocycles. The zero-order valence-electron chi connectivity index (χ0n) is 12.1. The van der Waals surface area contributed by atoms with Crippen LogP contribution >= 0.6 is 0 Å². The number of benzene rings is 1. The molecule has 1 aliphatic carbocycles. The SMILES string of the molecule is CCCC[C@H]1CC[C@H](C(=O)Oc2ccc(F)cc2)CC1. The van der Waals surface area contributed by atoms with Gasteiger partial charge < -0.3 is 4.74 Å². The number of rotatable bonds is 5. The molecule has 0 heterocycles. The second-order valence-corrected chi connectivity index (χ2v) is 5.73. The molecule has 0 aromatic heterocycles. The lowest BCUT2D eigenvalue weighted by atomic mass is 9.80. The topological polar surface area (TPSA) is 26.3 Å². The van der Waals surface area contributed by atoms with E-state index >= 15 is 0 Å². The van der Waals surface area contributed by atoms with Gasteiger partial charge in [-0.3, -0.25) is 4.79 Å². The van der Waals surface area contributed by atoms with Gasteiger partial charge in [-0.25, -0.2) is 4.39 Å². The molecule has 0 saturated heterocycles. The Kier molecular flexibility index (Phi) is 5.57. The van der Waals surface area contributed by atoms with E-state index in [1.54, 1.807) is 0 Å². The van der Waals surface area contributed by atoms with Gasteiger partial charge in [0.05, 0.1) is 5.92 Å². The van der Waals surface area contributed by atoms with E-state index in [-0.39, 0.29) is 17.7 Å². The van der Waals surface area contributed by atoms with Crippen LogP contribution in [0.4, 0.5) is 4.39 Å². The fourth-order valence-corrected chi connectivity index (χ4v) is 2.88. The van der Waals surface area contributed by atoms with Crippen LogP contribution in [0, 0.1) is 17.7 Å². The molecule has 0 bridgehead atoms. The summed E-state index contributed by atoms with van der Waals surface area (Å²) in [6, 6.07) is 5.62. The first-order valence-electron chi connectivity index (χ1n) is 7.66. The highest BCUT2D eigenvalue weighted by Crippen LogP contribution is 2.32. The molecule has 0 spiro atoms. The average Bonchev–Trinajstić information content (AvgIpc) is 2.48. The van der Waals surface area contributed by atoms with Crippen molar-refractivity contribution in [2.75, 3.05) is 0 Å². The highest BCUT2D eigenvalue weighted by atomic mass is 19.1. The van der Waals surface area contributed by atoms with E-state index in [0.717, 1.165) is 31.6 Å². The summed E-state index contributed by atoms with van der Waals surface area (Å²) in [5.74, 6) is 0.749. The second kappa shape index (κ2) is 7.41. The molecular weight excluding hydrogens is 255 g/mol. The second-order valence-electron chi connectivity index (χ2n) is 5.73. The maximum Gasteiger partial charge on any atom is 0.314 e. The predicted molar refractivity (Wildman–Crippen MR) is 77.0 cm³/mol. The Morgan fingerprint density at radius 2 is 1.85 bits per heavy atom. The van der Waals surface area contributed by atoms with Crippen molar-refractivity contribution in [3.05, 3.63) is 30.1 Å². The van der Waals surface area contributed by atoms with E-state index in [2.05, 4.69) is 6.92 Å². The van der Waals surface area contributed by atoms with Crippen molar-refractivity contribution in [2.24, 2.45) is 11.8 Å². The molecule has 1 aromatic rings. The summed E-state index contributed by atoms with van der Waals surface area (Å²) in [6.45, 7) is 2.21. The third-order valence-electron chi connectivity index (χ3n) is 4.18. The number of ether oxygens (including phenoxy) is 1. The lowest BCUT2D eigenvalue weighted by Crippen LogP contribution is -2.25. The first-order valence-corrected chi connectivity index (χ1v) is 7.66.